The molecule has 1 aromatic heterocycles. The van der Waals surface area contributed by atoms with Crippen LogP contribution in [0.25, 0.3) is 10.9 Å². The minimum absolute atomic E-state index is 0.109. The quantitative estimate of drug-likeness (QED) is 0.522. The Bertz CT molecular complexity index is 750. The number of aromatic nitrogens is 1. The van der Waals surface area contributed by atoms with Crippen LogP contribution >= 0.6 is 43.7 Å². The monoisotopic (exact) mass is 469 g/mol. The van der Waals surface area contributed by atoms with E-state index in [-0.39, 0.29) is 11.9 Å². The van der Waals surface area contributed by atoms with Gasteiger partial charge < -0.3 is 11.1 Å². The van der Waals surface area contributed by atoms with Crippen molar-refractivity contribution in [1.29, 1.82) is 0 Å². The molecule has 0 aliphatic rings. The molecule has 1 heterocycles. The van der Waals surface area contributed by atoms with Gasteiger partial charge in [0.2, 0.25) is 0 Å². The highest BCUT2D eigenvalue weighted by molar-refractivity contribution is 14.1. The first-order valence-corrected chi connectivity index (χ1v) is 9.14. The first-order chi connectivity index (χ1) is 10.8. The third-order valence-electron chi connectivity index (χ3n) is 3.57. The number of hydrogen-bond acceptors (Lipinski definition) is 2. The number of nitrogens with zero attached hydrogens (tertiary/aromatic N) is 1. The lowest BCUT2D eigenvalue weighted by Gasteiger charge is -2.18. The maximum Gasteiger partial charge on any atom is 0.268 e. The molecule has 126 valence electrons. The van der Waals surface area contributed by atoms with Crippen molar-refractivity contribution >= 4 is 65.8 Å². The largest absolute Gasteiger partial charge is 0.347 e. The Balaban J connectivity index is 2.38. The third kappa shape index (κ3) is 3.98. The second-order valence-corrected chi connectivity index (χ2v) is 7.82. The van der Waals surface area contributed by atoms with Gasteiger partial charge in [-0.15, -0.1) is 9.24 Å². The Labute approximate surface area is 156 Å². The van der Waals surface area contributed by atoms with Crippen LogP contribution in [0, 0.1) is 11.7 Å². The summed E-state index contributed by atoms with van der Waals surface area (Å²) in [6.07, 6.45) is 0.791. The van der Waals surface area contributed by atoms with Crippen molar-refractivity contribution in [2.75, 3.05) is 6.54 Å². The number of fused-ring (bicyclic) bond motifs is 1. The lowest BCUT2D eigenvalue weighted by molar-refractivity contribution is 0.0929. The van der Waals surface area contributed by atoms with E-state index in [2.05, 4.69) is 28.4 Å². The van der Waals surface area contributed by atoms with Crippen molar-refractivity contribution in [2.45, 2.75) is 26.3 Å². The standard InChI is InChI=1S/C15H19ClFIN3OP/c1-7(2)3-9(6-19)20-15(22)11-5-8-4-10(16)14(23)12(17)13(8)21(11)18/h4-5,7,9H,3,6,19,23H2,1-2H3,(H,20,22)/t9-/m0/s1. The molecule has 8 heteroatoms. The maximum atomic E-state index is 14.4. The molecule has 0 fully saturated rings. The first kappa shape index (κ1) is 18.9. The molecule has 1 amide bonds. The average Bonchev–Trinajstić information content (AvgIpc) is 2.80. The number of carbonyl (C=O) groups excluding carboxylic acids is 1. The van der Waals surface area contributed by atoms with Crippen LogP contribution in [0.5, 0.6) is 0 Å². The van der Waals surface area contributed by atoms with Crippen molar-refractivity contribution < 1.29 is 9.18 Å². The van der Waals surface area contributed by atoms with Crippen LogP contribution in [0.1, 0.15) is 30.8 Å². The van der Waals surface area contributed by atoms with Crippen LogP contribution in [-0.4, -0.2) is 21.3 Å². The van der Waals surface area contributed by atoms with Crippen LogP contribution in [0.4, 0.5) is 4.39 Å². The summed E-state index contributed by atoms with van der Waals surface area (Å²) in [4.78, 5) is 12.5. The zero-order chi connectivity index (χ0) is 17.3. The Kier molecular flexibility index (Phi) is 6.28. The zero-order valence-corrected chi connectivity index (χ0v) is 16.9. The van der Waals surface area contributed by atoms with Gasteiger partial charge in [-0.05, 0) is 24.5 Å². The summed E-state index contributed by atoms with van der Waals surface area (Å²) in [5.41, 5.74) is 6.44. The van der Waals surface area contributed by atoms with E-state index in [1.807, 2.05) is 22.9 Å². The summed E-state index contributed by atoms with van der Waals surface area (Å²) in [5.74, 6) is -0.290. The molecule has 0 radical (unpaired) electrons. The fourth-order valence-corrected chi connectivity index (χ4v) is 3.74. The fourth-order valence-electron chi connectivity index (χ4n) is 2.47. The minimum atomic E-state index is -0.441. The van der Waals surface area contributed by atoms with E-state index in [0.717, 1.165) is 6.42 Å². The Morgan fingerprint density at radius 1 is 1.52 bits per heavy atom. The van der Waals surface area contributed by atoms with Gasteiger partial charge in [0.1, 0.15) is 5.69 Å². The van der Waals surface area contributed by atoms with Crippen LogP contribution in [0.2, 0.25) is 5.02 Å². The smallest absolute Gasteiger partial charge is 0.268 e. The number of carbonyl (C=O) groups is 1. The topological polar surface area (TPSA) is 60.0 Å². The summed E-state index contributed by atoms with van der Waals surface area (Å²) in [6, 6.07) is 3.18. The van der Waals surface area contributed by atoms with Gasteiger partial charge >= 0.3 is 0 Å². The van der Waals surface area contributed by atoms with Crippen molar-refractivity contribution in [2.24, 2.45) is 11.7 Å². The molecule has 0 saturated carbocycles. The van der Waals surface area contributed by atoms with E-state index in [9.17, 15) is 9.18 Å². The van der Waals surface area contributed by atoms with E-state index in [1.165, 1.54) is 2.78 Å². The molecule has 23 heavy (non-hydrogen) atoms. The molecule has 1 aromatic carbocycles. The third-order valence-corrected chi connectivity index (χ3v) is 5.63. The van der Waals surface area contributed by atoms with Gasteiger partial charge in [0.05, 0.1) is 33.4 Å². The molecule has 4 nitrogen and oxygen atoms in total. The highest BCUT2D eigenvalue weighted by Gasteiger charge is 2.21. The predicted octanol–water partition coefficient (Wildman–Crippen LogP) is 3.24. The number of benzene rings is 1. The first-order valence-electron chi connectivity index (χ1n) is 7.22. The van der Waals surface area contributed by atoms with Gasteiger partial charge in [-0.2, -0.15) is 0 Å². The predicted molar refractivity (Wildman–Crippen MR) is 105 cm³/mol. The number of amides is 1. The molecule has 3 N–H and O–H groups in total. The number of halogens is 3. The Morgan fingerprint density at radius 2 is 2.17 bits per heavy atom. The summed E-state index contributed by atoms with van der Waals surface area (Å²) in [6.45, 7) is 4.51. The minimum Gasteiger partial charge on any atom is -0.347 e. The normalized spacial score (nSPS) is 12.9. The average molecular weight is 470 g/mol. The maximum absolute atomic E-state index is 14.4. The molecule has 2 atom stereocenters. The zero-order valence-electron chi connectivity index (χ0n) is 12.9. The van der Waals surface area contributed by atoms with Gasteiger partial charge in [-0.25, -0.2) is 4.39 Å². The van der Waals surface area contributed by atoms with Crippen LogP contribution < -0.4 is 16.4 Å². The van der Waals surface area contributed by atoms with E-state index >= 15 is 0 Å². The van der Waals surface area contributed by atoms with Gasteiger partial charge in [-0.3, -0.25) is 7.58 Å². The second-order valence-electron chi connectivity index (χ2n) is 5.87. The Hall–Kier alpha value is -0.430. The lowest BCUT2D eigenvalue weighted by atomic mass is 10.0. The summed E-state index contributed by atoms with van der Waals surface area (Å²) < 4.78 is 15.9. The van der Waals surface area contributed by atoms with Crippen LogP contribution in [0.3, 0.4) is 0 Å². The van der Waals surface area contributed by atoms with Crippen molar-refractivity contribution in [3.8, 4) is 0 Å². The van der Waals surface area contributed by atoms with Crippen LogP contribution in [-0.2, 0) is 0 Å². The van der Waals surface area contributed by atoms with Crippen molar-refractivity contribution in [3.63, 3.8) is 0 Å². The molecular formula is C15H19ClFIN3OP. The molecular weight excluding hydrogens is 451 g/mol. The molecule has 1 unspecified atom stereocenters. The van der Waals surface area contributed by atoms with Crippen molar-refractivity contribution in [3.05, 3.63) is 28.7 Å². The molecule has 2 aromatic rings. The van der Waals surface area contributed by atoms with Gasteiger partial charge in [0, 0.05) is 23.3 Å². The lowest BCUT2D eigenvalue weighted by Crippen LogP contribution is -2.41. The SMILES string of the molecule is CC(C)C[C@@H](CN)NC(=O)c1cc2cc(Cl)c(P)c(F)c2n1I. The summed E-state index contributed by atoms with van der Waals surface area (Å²) in [5, 5.41) is 4.11. The molecule has 0 bridgehead atoms. The van der Waals surface area contributed by atoms with E-state index in [4.69, 9.17) is 17.3 Å². The number of nitrogens with one attached hydrogen (secondary N) is 1. The summed E-state index contributed by atoms with van der Waals surface area (Å²) >= 11 is 7.93. The van der Waals surface area contributed by atoms with E-state index < -0.39 is 5.82 Å². The number of rotatable bonds is 5. The number of nitrogens with two attached hydrogens (primary N) is 1. The van der Waals surface area contributed by atoms with Gasteiger partial charge in [-0.1, -0.05) is 25.4 Å². The van der Waals surface area contributed by atoms with E-state index in [0.29, 0.717) is 39.4 Å². The number of hydrogen-bond donors (Lipinski definition) is 2. The van der Waals surface area contributed by atoms with Crippen LogP contribution in [0.15, 0.2) is 12.1 Å². The molecule has 0 aliphatic carbocycles. The highest BCUT2D eigenvalue weighted by atomic mass is 127. The Morgan fingerprint density at radius 3 is 2.74 bits per heavy atom. The fraction of sp³-hybridized carbons (Fsp3) is 0.400. The van der Waals surface area contributed by atoms with Gasteiger partial charge in [0.25, 0.3) is 5.91 Å². The molecule has 0 saturated heterocycles. The van der Waals surface area contributed by atoms with Crippen molar-refractivity contribution in [1.82, 2.24) is 8.10 Å². The van der Waals surface area contributed by atoms with Gasteiger partial charge in [0.15, 0.2) is 5.82 Å². The molecule has 0 spiro atoms. The van der Waals surface area contributed by atoms with E-state index in [1.54, 1.807) is 12.1 Å². The molecule has 2 rings (SSSR count). The second kappa shape index (κ2) is 7.64. The summed E-state index contributed by atoms with van der Waals surface area (Å²) in [7, 11) is 2.29. The molecule has 0 aliphatic heterocycles. The highest BCUT2D eigenvalue weighted by Crippen LogP contribution is 2.28.